The predicted octanol–water partition coefficient (Wildman–Crippen LogP) is 3.99. The van der Waals surface area contributed by atoms with E-state index >= 15 is 0 Å². The molecule has 1 saturated heterocycles. The fraction of sp³-hybridized carbons (Fsp3) is 0.778. The second-order valence-corrected chi connectivity index (χ2v) is 8.53. The summed E-state index contributed by atoms with van der Waals surface area (Å²) in [5.41, 5.74) is 0.425. The van der Waals surface area contributed by atoms with Crippen molar-refractivity contribution in [1.29, 1.82) is 0 Å². The van der Waals surface area contributed by atoms with Crippen LogP contribution in [0.15, 0.2) is 12.1 Å². The third kappa shape index (κ3) is 3.88. The van der Waals surface area contributed by atoms with E-state index in [0.29, 0.717) is 11.6 Å². The van der Waals surface area contributed by atoms with Crippen molar-refractivity contribution in [2.75, 3.05) is 19.6 Å². The van der Waals surface area contributed by atoms with Crippen LogP contribution in [-0.2, 0) is 6.42 Å². The Bertz CT molecular complexity index is 448. The van der Waals surface area contributed by atoms with E-state index in [1.807, 2.05) is 11.3 Å². The fourth-order valence-corrected chi connectivity index (χ4v) is 5.12. The van der Waals surface area contributed by atoms with E-state index in [1.54, 1.807) is 4.88 Å². The summed E-state index contributed by atoms with van der Waals surface area (Å²) in [7, 11) is 0. The van der Waals surface area contributed by atoms with Gasteiger partial charge in [0.15, 0.2) is 0 Å². The van der Waals surface area contributed by atoms with Gasteiger partial charge in [0.05, 0.1) is 0 Å². The molecule has 3 rings (SSSR count). The van der Waals surface area contributed by atoms with Crippen molar-refractivity contribution < 1.29 is 0 Å². The third-order valence-electron chi connectivity index (χ3n) is 5.35. The van der Waals surface area contributed by atoms with Crippen LogP contribution >= 0.6 is 11.3 Å². The molecule has 2 fully saturated rings. The molecule has 1 unspecified atom stereocenters. The SMILES string of the molecule is Cc1ccc(CC(C)N2CCCNC3(CCCCC3)C2)s1. The standard InChI is InChI=1S/C18H30N2S/c1-15(13-17-8-7-16(2)21-17)20-12-6-11-19-18(14-20)9-4-3-5-10-18/h7-8,15,19H,3-6,9-14H2,1-2H3. The van der Waals surface area contributed by atoms with Crippen LogP contribution in [0.5, 0.6) is 0 Å². The lowest BCUT2D eigenvalue weighted by molar-refractivity contribution is 0.134. The molecule has 0 amide bonds. The number of nitrogens with zero attached hydrogens (tertiary/aromatic N) is 1. The van der Waals surface area contributed by atoms with Crippen LogP contribution in [0.2, 0.25) is 0 Å². The molecule has 1 aromatic heterocycles. The minimum Gasteiger partial charge on any atom is -0.310 e. The fourth-order valence-electron chi connectivity index (χ4n) is 4.11. The number of thiophene rings is 1. The van der Waals surface area contributed by atoms with Crippen molar-refractivity contribution in [3.63, 3.8) is 0 Å². The summed E-state index contributed by atoms with van der Waals surface area (Å²) < 4.78 is 0. The lowest BCUT2D eigenvalue weighted by atomic mass is 9.81. The first-order valence-electron chi connectivity index (χ1n) is 8.71. The molecule has 118 valence electrons. The van der Waals surface area contributed by atoms with Gasteiger partial charge in [-0.3, -0.25) is 4.90 Å². The molecule has 2 aliphatic rings. The first kappa shape index (κ1) is 15.5. The highest BCUT2D eigenvalue weighted by Gasteiger charge is 2.35. The molecule has 1 N–H and O–H groups in total. The van der Waals surface area contributed by atoms with E-state index in [0.717, 1.165) is 0 Å². The molecule has 1 aliphatic carbocycles. The Morgan fingerprint density at radius 3 is 2.76 bits per heavy atom. The number of hydrogen-bond acceptors (Lipinski definition) is 3. The van der Waals surface area contributed by atoms with Gasteiger partial charge in [-0.1, -0.05) is 19.3 Å². The van der Waals surface area contributed by atoms with E-state index in [1.165, 1.54) is 69.5 Å². The summed E-state index contributed by atoms with van der Waals surface area (Å²) in [6.07, 6.45) is 9.55. The van der Waals surface area contributed by atoms with Crippen molar-refractivity contribution in [3.8, 4) is 0 Å². The van der Waals surface area contributed by atoms with E-state index < -0.39 is 0 Å². The van der Waals surface area contributed by atoms with Crippen molar-refractivity contribution >= 4 is 11.3 Å². The number of rotatable bonds is 3. The molecular weight excluding hydrogens is 276 g/mol. The van der Waals surface area contributed by atoms with Crippen LogP contribution in [-0.4, -0.2) is 36.1 Å². The molecule has 0 aromatic carbocycles. The van der Waals surface area contributed by atoms with Gasteiger partial charge >= 0.3 is 0 Å². The summed E-state index contributed by atoms with van der Waals surface area (Å²) in [6.45, 7) is 8.38. The molecule has 1 atom stereocenters. The zero-order valence-corrected chi connectivity index (χ0v) is 14.5. The Morgan fingerprint density at radius 1 is 1.24 bits per heavy atom. The smallest absolute Gasteiger partial charge is 0.0308 e. The Hall–Kier alpha value is -0.380. The largest absolute Gasteiger partial charge is 0.310 e. The van der Waals surface area contributed by atoms with Crippen LogP contribution in [0, 0.1) is 6.92 Å². The summed E-state index contributed by atoms with van der Waals surface area (Å²) in [6, 6.07) is 5.25. The molecule has 1 saturated carbocycles. The molecule has 1 aliphatic heterocycles. The highest BCUT2D eigenvalue weighted by atomic mass is 32.1. The van der Waals surface area contributed by atoms with Gasteiger partial charge in [-0.05, 0) is 64.8 Å². The number of hydrogen-bond donors (Lipinski definition) is 1. The molecule has 21 heavy (non-hydrogen) atoms. The first-order valence-corrected chi connectivity index (χ1v) is 9.53. The lowest BCUT2D eigenvalue weighted by Gasteiger charge is -2.41. The Kier molecular flexibility index (Phi) is 5.03. The molecule has 0 bridgehead atoms. The summed E-state index contributed by atoms with van der Waals surface area (Å²) in [4.78, 5) is 5.76. The zero-order chi connectivity index (χ0) is 14.7. The summed E-state index contributed by atoms with van der Waals surface area (Å²) in [5, 5.41) is 3.91. The minimum atomic E-state index is 0.425. The van der Waals surface area contributed by atoms with E-state index in [-0.39, 0.29) is 0 Å². The molecule has 1 spiro atoms. The second kappa shape index (κ2) is 6.80. The highest BCUT2D eigenvalue weighted by Crippen LogP contribution is 2.31. The maximum atomic E-state index is 3.91. The van der Waals surface area contributed by atoms with Crippen LogP contribution in [0.25, 0.3) is 0 Å². The predicted molar refractivity (Wildman–Crippen MR) is 92.2 cm³/mol. The maximum absolute atomic E-state index is 3.91. The van der Waals surface area contributed by atoms with Crippen molar-refractivity contribution in [1.82, 2.24) is 10.2 Å². The van der Waals surface area contributed by atoms with Gasteiger partial charge in [0.25, 0.3) is 0 Å². The van der Waals surface area contributed by atoms with Gasteiger partial charge < -0.3 is 5.32 Å². The van der Waals surface area contributed by atoms with Crippen molar-refractivity contribution in [3.05, 3.63) is 21.9 Å². The monoisotopic (exact) mass is 306 g/mol. The summed E-state index contributed by atoms with van der Waals surface area (Å²) in [5.74, 6) is 0. The molecule has 2 heterocycles. The zero-order valence-electron chi connectivity index (χ0n) is 13.7. The Labute approximate surface area is 133 Å². The van der Waals surface area contributed by atoms with E-state index in [9.17, 15) is 0 Å². The van der Waals surface area contributed by atoms with Gasteiger partial charge in [-0.25, -0.2) is 0 Å². The lowest BCUT2D eigenvalue weighted by Crippen LogP contribution is -2.54. The van der Waals surface area contributed by atoms with Gasteiger partial charge in [0.2, 0.25) is 0 Å². The summed E-state index contributed by atoms with van der Waals surface area (Å²) >= 11 is 1.97. The van der Waals surface area contributed by atoms with E-state index in [4.69, 9.17) is 0 Å². The van der Waals surface area contributed by atoms with E-state index in [2.05, 4.69) is 36.2 Å². The normalized spacial score (nSPS) is 24.9. The Morgan fingerprint density at radius 2 is 2.05 bits per heavy atom. The van der Waals surface area contributed by atoms with Crippen molar-refractivity contribution in [2.24, 2.45) is 0 Å². The molecule has 3 heteroatoms. The number of aryl methyl sites for hydroxylation is 1. The van der Waals surface area contributed by atoms with Gasteiger partial charge in [0.1, 0.15) is 0 Å². The maximum Gasteiger partial charge on any atom is 0.0308 e. The molecule has 1 aromatic rings. The van der Waals surface area contributed by atoms with Crippen LogP contribution in [0.4, 0.5) is 0 Å². The molecule has 2 nitrogen and oxygen atoms in total. The van der Waals surface area contributed by atoms with Gasteiger partial charge in [-0.2, -0.15) is 0 Å². The van der Waals surface area contributed by atoms with Crippen molar-refractivity contribution in [2.45, 2.75) is 70.4 Å². The van der Waals surface area contributed by atoms with Crippen LogP contribution in [0.3, 0.4) is 0 Å². The average molecular weight is 307 g/mol. The topological polar surface area (TPSA) is 15.3 Å². The van der Waals surface area contributed by atoms with Crippen LogP contribution in [0.1, 0.15) is 55.2 Å². The first-order chi connectivity index (χ1) is 10.2. The third-order valence-corrected chi connectivity index (χ3v) is 6.38. The Balaban J connectivity index is 1.65. The van der Waals surface area contributed by atoms with Crippen LogP contribution < -0.4 is 5.32 Å². The van der Waals surface area contributed by atoms with Gasteiger partial charge in [0, 0.05) is 27.9 Å². The quantitative estimate of drug-likeness (QED) is 0.908. The minimum absolute atomic E-state index is 0.425. The molecular formula is C18H30N2S. The highest BCUT2D eigenvalue weighted by molar-refractivity contribution is 7.11. The number of nitrogens with one attached hydrogen (secondary N) is 1. The van der Waals surface area contributed by atoms with Gasteiger partial charge in [-0.15, -0.1) is 11.3 Å². The molecule has 0 radical (unpaired) electrons. The average Bonchev–Trinajstić information content (AvgIpc) is 2.77. The second-order valence-electron chi connectivity index (χ2n) is 7.16.